The van der Waals surface area contributed by atoms with Gasteiger partial charge in [0.15, 0.2) is 0 Å². The molecule has 8 nitrogen and oxygen atoms in total. The molecule has 0 aliphatic heterocycles. The van der Waals surface area contributed by atoms with Crippen LogP contribution in [0.4, 0.5) is 0 Å². The van der Waals surface area contributed by atoms with Crippen LogP contribution < -0.4 is 0 Å². The van der Waals surface area contributed by atoms with E-state index >= 15 is 0 Å². The summed E-state index contributed by atoms with van der Waals surface area (Å²) < 4.78 is 34.1. The first-order valence-electron chi connectivity index (χ1n) is 1.21. The van der Waals surface area contributed by atoms with E-state index in [1.54, 1.807) is 0 Å². The average molecular weight is 270 g/mol. The maximum Gasteiger partial charge on any atom is 0.0689 e. The average Bonchev–Trinajstić information content (AvgIpc) is 1.19. The molecule has 0 bridgehead atoms. The minimum Gasteiger partial charge on any atom is -0.759 e. The van der Waals surface area contributed by atoms with Gasteiger partial charge >= 0.3 is 0 Å². The van der Waals surface area contributed by atoms with Crippen LogP contribution in [0.2, 0.25) is 0 Å². The number of hydrogen-bond acceptors (Lipinski definition) is 7. The van der Waals surface area contributed by atoms with Crippen molar-refractivity contribution >= 4 is 10.4 Å². The summed E-state index contributed by atoms with van der Waals surface area (Å²) in [7, 11) is -5.17. The minimum absolute atomic E-state index is 0. The maximum absolute atomic E-state index is 8.52. The molecule has 0 heterocycles. The summed E-state index contributed by atoms with van der Waals surface area (Å²) in [4.78, 5) is 8.25. The molecule has 0 atom stereocenters. The van der Waals surface area contributed by atoms with Crippen LogP contribution in [0.15, 0.2) is 0 Å². The molecule has 11 heteroatoms. The molecular formula is Fe2NO7S-3. The van der Waals surface area contributed by atoms with E-state index < -0.39 is 15.5 Å². The van der Waals surface area contributed by atoms with Gasteiger partial charge in [-0.3, -0.25) is 8.42 Å². The second-order valence-electron chi connectivity index (χ2n) is 0.632. The summed E-state index contributed by atoms with van der Waals surface area (Å²) in [5.41, 5.74) is 0. The number of hydrogen-bond donors (Lipinski definition) is 0. The number of nitrogens with zero attached hydrogens (tertiary/aromatic N) is 1. The Labute approximate surface area is 82.6 Å². The van der Waals surface area contributed by atoms with Gasteiger partial charge in [0, 0.05) is 44.5 Å². The zero-order valence-corrected chi connectivity index (χ0v) is 7.45. The van der Waals surface area contributed by atoms with Crippen molar-refractivity contribution in [2.24, 2.45) is 0 Å². The fraction of sp³-hybridized carbons (Fsp3) is 0. The van der Waals surface area contributed by atoms with E-state index in [4.69, 9.17) is 32.8 Å². The molecule has 0 radical (unpaired) electrons. The largest absolute Gasteiger partial charge is 0.759 e. The van der Waals surface area contributed by atoms with Gasteiger partial charge in [-0.2, -0.15) is 0 Å². The molecule has 0 spiro atoms. The Morgan fingerprint density at radius 3 is 1.00 bits per heavy atom. The third-order valence-electron chi connectivity index (χ3n) is 0. The number of rotatable bonds is 0. The molecule has 0 aromatic carbocycles. The van der Waals surface area contributed by atoms with Gasteiger partial charge in [0.25, 0.3) is 0 Å². The summed E-state index contributed by atoms with van der Waals surface area (Å²) in [6.45, 7) is 0. The zero-order chi connectivity index (χ0) is 8.08. The van der Waals surface area contributed by atoms with Gasteiger partial charge in [-0.05, 0) is 0 Å². The van der Waals surface area contributed by atoms with E-state index in [-0.39, 0.29) is 34.1 Å². The molecule has 0 unspecified atom stereocenters. The Hall–Kier alpha value is 0.109. The van der Waals surface area contributed by atoms with Crippen molar-refractivity contribution in [2.75, 3.05) is 0 Å². The minimum atomic E-state index is -5.17. The predicted octanol–water partition coefficient (Wildman–Crippen LogP) is -1.58. The molecular weight excluding hydrogens is 270 g/mol. The summed E-state index contributed by atoms with van der Waals surface area (Å²) in [6.07, 6.45) is 0. The Morgan fingerprint density at radius 2 is 1.00 bits per heavy atom. The third-order valence-corrected chi connectivity index (χ3v) is 0. The molecule has 11 heavy (non-hydrogen) atoms. The van der Waals surface area contributed by atoms with Crippen LogP contribution in [0.5, 0.6) is 0 Å². The Kier molecular flexibility index (Phi) is 20.6. The zero-order valence-electron chi connectivity index (χ0n) is 4.42. The second kappa shape index (κ2) is 10.1. The summed E-state index contributed by atoms with van der Waals surface area (Å²) in [5, 5.41) is 14.8. The van der Waals surface area contributed by atoms with Gasteiger partial charge in [-0.15, -0.1) is 0 Å². The molecule has 0 amide bonds. The first-order valence-corrected chi connectivity index (χ1v) is 2.55. The van der Waals surface area contributed by atoms with Crippen molar-refractivity contribution in [1.82, 2.24) is 0 Å². The van der Waals surface area contributed by atoms with Crippen LogP contribution in [0, 0.1) is 15.3 Å². The van der Waals surface area contributed by atoms with E-state index in [1.165, 1.54) is 0 Å². The topological polar surface area (TPSA) is 146 Å². The maximum atomic E-state index is 8.52. The van der Waals surface area contributed by atoms with Gasteiger partial charge in [-0.1, -0.05) is 0 Å². The van der Waals surface area contributed by atoms with E-state index in [0.29, 0.717) is 0 Å². The van der Waals surface area contributed by atoms with Gasteiger partial charge < -0.3 is 24.4 Å². The van der Waals surface area contributed by atoms with Gasteiger partial charge in [-0.25, -0.2) is 0 Å². The van der Waals surface area contributed by atoms with Crippen LogP contribution in [0.1, 0.15) is 0 Å². The first kappa shape index (κ1) is 22.5. The van der Waals surface area contributed by atoms with Crippen molar-refractivity contribution in [2.45, 2.75) is 0 Å². The predicted molar refractivity (Wildman–Crippen MR) is 20.8 cm³/mol. The van der Waals surface area contributed by atoms with Crippen molar-refractivity contribution in [3.8, 4) is 0 Å². The molecule has 0 saturated carbocycles. The molecule has 0 aromatic rings. The Bertz CT molecular complexity index is 159. The van der Waals surface area contributed by atoms with Crippen molar-refractivity contribution in [1.29, 1.82) is 0 Å². The van der Waals surface area contributed by atoms with Gasteiger partial charge in [0.2, 0.25) is 0 Å². The van der Waals surface area contributed by atoms with Crippen LogP contribution in [-0.2, 0) is 44.5 Å². The molecule has 72 valence electrons. The molecule has 0 N–H and O–H groups in total. The Morgan fingerprint density at radius 1 is 1.00 bits per heavy atom. The second-order valence-corrected chi connectivity index (χ2v) is 1.45. The fourth-order valence-electron chi connectivity index (χ4n) is 0. The first-order chi connectivity index (χ1) is 3.73. The Balaban J connectivity index is -0.0000000383. The van der Waals surface area contributed by atoms with Crippen LogP contribution in [0.25, 0.3) is 0 Å². The summed E-state index contributed by atoms with van der Waals surface area (Å²) >= 11 is 0. The molecule has 0 saturated heterocycles. The van der Waals surface area contributed by atoms with Gasteiger partial charge in [0.1, 0.15) is 0 Å². The standard InChI is InChI=1S/2Fe.NO3.H2O4S/c;;2-1(3)4;1-5(2,3)4/h;;;(H2,1,2,3,4)/q;;-1;/p-2. The van der Waals surface area contributed by atoms with E-state index in [1.807, 2.05) is 0 Å². The van der Waals surface area contributed by atoms with E-state index in [2.05, 4.69) is 0 Å². The van der Waals surface area contributed by atoms with Crippen LogP contribution in [0.3, 0.4) is 0 Å². The van der Waals surface area contributed by atoms with E-state index in [9.17, 15) is 0 Å². The van der Waals surface area contributed by atoms with Crippen molar-refractivity contribution in [3.05, 3.63) is 15.3 Å². The SMILES string of the molecule is O=S(=O)([O-])[O-].O=[N+]([O-])[O-].[Fe].[Fe]. The summed E-state index contributed by atoms with van der Waals surface area (Å²) in [6, 6.07) is 0. The quantitative estimate of drug-likeness (QED) is 0.169. The molecule has 0 rings (SSSR count). The van der Waals surface area contributed by atoms with Gasteiger partial charge in [0.05, 0.1) is 5.09 Å². The monoisotopic (exact) mass is 270 g/mol. The third kappa shape index (κ3) is 56000. The van der Waals surface area contributed by atoms with Crippen molar-refractivity contribution < 1.29 is 56.7 Å². The molecule has 0 aromatic heterocycles. The molecule has 0 fully saturated rings. The van der Waals surface area contributed by atoms with Crippen LogP contribution in [-0.4, -0.2) is 22.6 Å². The molecule has 0 aliphatic rings. The summed E-state index contributed by atoms with van der Waals surface area (Å²) in [5.74, 6) is 0. The fourth-order valence-corrected chi connectivity index (χ4v) is 0. The smallest absolute Gasteiger partial charge is 0.0689 e. The normalized spacial score (nSPS) is 7.45. The molecule has 0 aliphatic carbocycles. The van der Waals surface area contributed by atoms with Crippen molar-refractivity contribution in [3.63, 3.8) is 0 Å². The van der Waals surface area contributed by atoms with E-state index in [0.717, 1.165) is 0 Å². The van der Waals surface area contributed by atoms with Crippen LogP contribution >= 0.6 is 0 Å².